The van der Waals surface area contributed by atoms with Crippen LogP contribution in [0.1, 0.15) is 54.4 Å². The van der Waals surface area contributed by atoms with Crippen molar-refractivity contribution in [3.05, 3.63) is 59.3 Å². The number of aryl methyl sites for hydroxylation is 1. The third kappa shape index (κ3) is 3.12. The SMILES string of the molecule is C=C(C)N=C(C)c1nnc2n1CCN(C(=O)c1ccccc1C)[C@@H]2C. The highest BCUT2D eigenvalue weighted by molar-refractivity contribution is 5.97. The minimum atomic E-state index is -0.139. The number of hydrogen-bond acceptors (Lipinski definition) is 4. The smallest absolute Gasteiger partial charge is 0.254 e. The van der Waals surface area contributed by atoms with E-state index in [9.17, 15) is 4.79 Å². The molecule has 0 radical (unpaired) electrons. The molecule has 1 aromatic heterocycles. The molecule has 0 fully saturated rings. The zero-order chi connectivity index (χ0) is 18.1. The number of hydrogen-bond donors (Lipinski definition) is 0. The van der Waals surface area contributed by atoms with Gasteiger partial charge in [0, 0.05) is 24.4 Å². The van der Waals surface area contributed by atoms with Gasteiger partial charge in [0.25, 0.3) is 5.91 Å². The molecule has 1 aliphatic heterocycles. The summed E-state index contributed by atoms with van der Waals surface area (Å²) in [6, 6.07) is 7.53. The van der Waals surface area contributed by atoms with Gasteiger partial charge in [-0.25, -0.2) is 0 Å². The quantitative estimate of drug-likeness (QED) is 0.808. The third-order valence-corrected chi connectivity index (χ3v) is 4.50. The van der Waals surface area contributed by atoms with Gasteiger partial charge in [-0.05, 0) is 39.3 Å². The minimum Gasteiger partial charge on any atom is -0.327 e. The lowest BCUT2D eigenvalue weighted by molar-refractivity contribution is 0.0636. The Bertz CT molecular complexity index is 864. The molecule has 6 nitrogen and oxygen atoms in total. The number of amides is 1. The fraction of sp³-hybridized carbons (Fsp3) is 0.368. The molecular formula is C19H23N5O. The van der Waals surface area contributed by atoms with Crippen LogP contribution in [0, 0.1) is 6.92 Å². The molecule has 0 bridgehead atoms. The van der Waals surface area contributed by atoms with Crippen molar-refractivity contribution in [1.29, 1.82) is 0 Å². The second-order valence-electron chi connectivity index (χ2n) is 6.46. The number of aromatic nitrogens is 3. The molecule has 3 rings (SSSR count). The molecular weight excluding hydrogens is 314 g/mol. The van der Waals surface area contributed by atoms with E-state index in [0.29, 0.717) is 13.1 Å². The van der Waals surface area contributed by atoms with E-state index in [0.717, 1.165) is 34.2 Å². The van der Waals surface area contributed by atoms with Gasteiger partial charge in [-0.15, -0.1) is 10.2 Å². The van der Waals surface area contributed by atoms with Crippen LogP contribution in [-0.2, 0) is 6.54 Å². The maximum atomic E-state index is 13.0. The number of fused-ring (bicyclic) bond motifs is 1. The number of nitrogens with zero attached hydrogens (tertiary/aromatic N) is 5. The lowest BCUT2D eigenvalue weighted by Gasteiger charge is -2.34. The summed E-state index contributed by atoms with van der Waals surface area (Å²) in [5.74, 6) is 1.57. The van der Waals surface area contributed by atoms with Crippen LogP contribution in [0.5, 0.6) is 0 Å². The molecule has 0 spiro atoms. The topological polar surface area (TPSA) is 63.4 Å². The second-order valence-corrected chi connectivity index (χ2v) is 6.46. The van der Waals surface area contributed by atoms with Crippen LogP contribution in [-0.4, -0.2) is 37.8 Å². The Labute approximate surface area is 147 Å². The summed E-state index contributed by atoms with van der Waals surface area (Å²) in [4.78, 5) is 19.2. The molecule has 2 aromatic rings. The summed E-state index contributed by atoms with van der Waals surface area (Å²) in [6.45, 7) is 12.8. The van der Waals surface area contributed by atoms with Gasteiger partial charge in [0.2, 0.25) is 0 Å². The van der Waals surface area contributed by atoms with Crippen LogP contribution in [0.4, 0.5) is 0 Å². The fourth-order valence-corrected chi connectivity index (χ4v) is 3.23. The van der Waals surface area contributed by atoms with Gasteiger partial charge in [-0.3, -0.25) is 9.79 Å². The Kier molecular flexibility index (Phi) is 4.53. The lowest BCUT2D eigenvalue weighted by atomic mass is 10.1. The van der Waals surface area contributed by atoms with Gasteiger partial charge in [-0.2, -0.15) is 0 Å². The van der Waals surface area contributed by atoms with E-state index in [4.69, 9.17) is 0 Å². The number of rotatable bonds is 3. The van der Waals surface area contributed by atoms with Crippen LogP contribution in [0.15, 0.2) is 41.5 Å². The zero-order valence-corrected chi connectivity index (χ0v) is 15.2. The molecule has 6 heteroatoms. The molecule has 1 atom stereocenters. The highest BCUT2D eigenvalue weighted by atomic mass is 16.2. The highest BCUT2D eigenvalue weighted by Gasteiger charge is 2.32. The number of allylic oxidation sites excluding steroid dienone is 1. The summed E-state index contributed by atoms with van der Waals surface area (Å²) < 4.78 is 2.05. The Balaban J connectivity index is 1.91. The standard InChI is InChI=1S/C19H23N5O/c1-12(2)20-14(4)17-21-22-18-15(5)23(10-11-24(17)18)19(25)16-9-7-6-8-13(16)3/h6-9,15H,1,10-11H2,2-5H3/t15-/m1/s1. The summed E-state index contributed by atoms with van der Waals surface area (Å²) >= 11 is 0. The van der Waals surface area contributed by atoms with Crippen molar-refractivity contribution in [2.45, 2.75) is 40.3 Å². The van der Waals surface area contributed by atoms with E-state index in [1.54, 1.807) is 0 Å². The first-order chi connectivity index (χ1) is 11.9. The van der Waals surface area contributed by atoms with E-state index in [1.165, 1.54) is 0 Å². The van der Waals surface area contributed by atoms with E-state index < -0.39 is 0 Å². The summed E-state index contributed by atoms with van der Waals surface area (Å²) in [6.07, 6.45) is 0. The third-order valence-electron chi connectivity index (χ3n) is 4.50. The number of carbonyl (C=O) groups is 1. The molecule has 0 N–H and O–H groups in total. The van der Waals surface area contributed by atoms with Crippen molar-refractivity contribution in [2.75, 3.05) is 6.54 Å². The monoisotopic (exact) mass is 337 g/mol. The number of carbonyl (C=O) groups excluding carboxylic acids is 1. The van der Waals surface area contributed by atoms with Crippen LogP contribution in [0.2, 0.25) is 0 Å². The molecule has 1 aliphatic rings. The first kappa shape index (κ1) is 17.1. The normalized spacial score (nSPS) is 17.4. The first-order valence-corrected chi connectivity index (χ1v) is 8.41. The predicted octanol–water partition coefficient (Wildman–Crippen LogP) is 3.15. The summed E-state index contributed by atoms with van der Waals surface area (Å²) in [5.41, 5.74) is 3.24. The van der Waals surface area contributed by atoms with Crippen LogP contribution in [0.25, 0.3) is 0 Å². The molecule has 0 saturated heterocycles. The highest BCUT2D eigenvalue weighted by Crippen LogP contribution is 2.27. The zero-order valence-electron chi connectivity index (χ0n) is 15.2. The van der Waals surface area contributed by atoms with Gasteiger partial charge in [0.1, 0.15) is 0 Å². The van der Waals surface area contributed by atoms with E-state index in [2.05, 4.69) is 21.8 Å². The van der Waals surface area contributed by atoms with Crippen molar-refractivity contribution < 1.29 is 4.79 Å². The van der Waals surface area contributed by atoms with Crippen molar-refractivity contribution in [3.63, 3.8) is 0 Å². The Morgan fingerprint density at radius 2 is 1.96 bits per heavy atom. The van der Waals surface area contributed by atoms with E-state index in [-0.39, 0.29) is 11.9 Å². The molecule has 0 unspecified atom stereocenters. The Hall–Kier alpha value is -2.76. The van der Waals surface area contributed by atoms with Crippen LogP contribution < -0.4 is 0 Å². The Morgan fingerprint density at radius 3 is 2.64 bits per heavy atom. The van der Waals surface area contributed by atoms with E-state index in [1.807, 2.05) is 61.4 Å². The molecule has 130 valence electrons. The predicted molar refractivity (Wildman–Crippen MR) is 97.7 cm³/mol. The van der Waals surface area contributed by atoms with Gasteiger partial charge >= 0.3 is 0 Å². The van der Waals surface area contributed by atoms with Crippen molar-refractivity contribution >= 4 is 11.6 Å². The van der Waals surface area contributed by atoms with Crippen molar-refractivity contribution in [2.24, 2.45) is 4.99 Å². The summed E-state index contributed by atoms with van der Waals surface area (Å²) in [5, 5.41) is 8.61. The largest absolute Gasteiger partial charge is 0.327 e. The van der Waals surface area contributed by atoms with E-state index >= 15 is 0 Å². The first-order valence-electron chi connectivity index (χ1n) is 8.41. The van der Waals surface area contributed by atoms with Gasteiger partial charge in [0.15, 0.2) is 11.6 Å². The van der Waals surface area contributed by atoms with Crippen molar-refractivity contribution in [3.8, 4) is 0 Å². The average Bonchev–Trinajstić information content (AvgIpc) is 2.99. The molecule has 1 amide bonds. The molecule has 1 aromatic carbocycles. The second kappa shape index (κ2) is 6.63. The minimum absolute atomic E-state index is 0.0359. The van der Waals surface area contributed by atoms with Crippen molar-refractivity contribution in [1.82, 2.24) is 19.7 Å². The lowest BCUT2D eigenvalue weighted by Crippen LogP contribution is -2.42. The van der Waals surface area contributed by atoms with Gasteiger partial charge < -0.3 is 9.47 Å². The van der Waals surface area contributed by atoms with Crippen LogP contribution >= 0.6 is 0 Å². The molecule has 25 heavy (non-hydrogen) atoms. The maximum absolute atomic E-state index is 13.0. The molecule has 0 aliphatic carbocycles. The molecule has 0 saturated carbocycles. The number of benzene rings is 1. The molecule has 2 heterocycles. The number of aliphatic imine (C=N–C) groups is 1. The maximum Gasteiger partial charge on any atom is 0.254 e. The van der Waals surface area contributed by atoms with Gasteiger partial charge in [0.05, 0.1) is 11.8 Å². The van der Waals surface area contributed by atoms with Gasteiger partial charge in [-0.1, -0.05) is 24.8 Å². The van der Waals surface area contributed by atoms with Crippen LogP contribution in [0.3, 0.4) is 0 Å². The Morgan fingerprint density at radius 1 is 1.24 bits per heavy atom. The fourth-order valence-electron chi connectivity index (χ4n) is 3.23. The average molecular weight is 337 g/mol. The summed E-state index contributed by atoms with van der Waals surface area (Å²) in [7, 11) is 0.